The maximum Gasteiger partial charge on any atom is 0.208 e. The van der Waals surface area contributed by atoms with E-state index in [4.69, 9.17) is 9.16 Å². The topological polar surface area (TPSA) is 18.5 Å². The number of methoxy groups -OCH3 is 1. The van der Waals surface area contributed by atoms with Crippen LogP contribution in [0.5, 0.6) is 0 Å². The summed E-state index contributed by atoms with van der Waals surface area (Å²) in [5, 5.41) is 0.575. The van der Waals surface area contributed by atoms with Gasteiger partial charge in [-0.05, 0) is 15.1 Å². The van der Waals surface area contributed by atoms with Gasteiger partial charge in [0, 0.05) is 7.11 Å². The van der Waals surface area contributed by atoms with Crippen LogP contribution in [0.4, 0.5) is 0 Å². The van der Waals surface area contributed by atoms with E-state index in [9.17, 15) is 0 Å². The van der Waals surface area contributed by atoms with Gasteiger partial charge in [0.15, 0.2) is 0 Å². The van der Waals surface area contributed by atoms with E-state index in [2.05, 4.69) is 62.3 Å². The highest BCUT2D eigenvalue weighted by Gasteiger charge is 2.61. The van der Waals surface area contributed by atoms with Gasteiger partial charge >= 0.3 is 0 Å². The number of hydrogen-bond acceptors (Lipinski definition) is 2. The first-order chi connectivity index (χ1) is 7.81. The third-order valence-corrected chi connectivity index (χ3v) is 10.7. The fourth-order valence-electron chi connectivity index (χ4n) is 4.30. The van der Waals surface area contributed by atoms with E-state index in [1.54, 1.807) is 7.11 Å². The van der Waals surface area contributed by atoms with Crippen LogP contribution in [0, 0.1) is 0 Å². The van der Waals surface area contributed by atoms with Crippen molar-refractivity contribution >= 4 is 8.32 Å². The summed E-state index contributed by atoms with van der Waals surface area (Å²) in [5.74, 6) is 0. The minimum Gasteiger partial charge on any atom is -0.413 e. The summed E-state index contributed by atoms with van der Waals surface area (Å²) in [7, 11) is -0.284. The number of hydrogen-bond donors (Lipinski definition) is 0. The van der Waals surface area contributed by atoms with Crippen LogP contribution in [0.2, 0.25) is 15.1 Å². The lowest BCUT2D eigenvalue weighted by Gasteiger charge is -2.57. The van der Waals surface area contributed by atoms with Crippen molar-refractivity contribution in [3.63, 3.8) is 0 Å². The number of ether oxygens (including phenoxy) is 1. The lowest BCUT2D eigenvalue weighted by molar-refractivity contribution is 0.126. The van der Waals surface area contributed by atoms with Crippen LogP contribution in [0.25, 0.3) is 0 Å². The van der Waals surface area contributed by atoms with Crippen molar-refractivity contribution in [2.45, 2.75) is 77.4 Å². The SMILES string of the molecule is COCCO[Si](C(C)(C)C)(C(C)(C)C)C(C)(C)C. The number of rotatable bonds is 4. The Morgan fingerprint density at radius 1 is 0.667 bits per heavy atom. The first-order valence-corrected chi connectivity index (χ1v) is 8.85. The summed E-state index contributed by atoms with van der Waals surface area (Å²) in [4.78, 5) is 0. The highest BCUT2D eigenvalue weighted by molar-refractivity contribution is 6.82. The van der Waals surface area contributed by atoms with Gasteiger partial charge in [-0.25, -0.2) is 0 Å². The molecular weight excluding hydrogens is 240 g/mol. The summed E-state index contributed by atoms with van der Waals surface area (Å²) >= 11 is 0. The molecule has 3 heteroatoms. The normalized spacial score (nSPS) is 15.0. The molecule has 0 radical (unpaired) electrons. The van der Waals surface area contributed by atoms with Crippen LogP contribution < -0.4 is 0 Å². The Hall–Kier alpha value is 0.137. The zero-order valence-electron chi connectivity index (χ0n) is 14.2. The smallest absolute Gasteiger partial charge is 0.208 e. The molecule has 0 aliphatic heterocycles. The molecular formula is C15H34O2Si. The Labute approximate surface area is 116 Å². The van der Waals surface area contributed by atoms with E-state index in [-0.39, 0.29) is 15.1 Å². The Kier molecular flexibility index (Phi) is 5.68. The van der Waals surface area contributed by atoms with Gasteiger partial charge in [-0.15, -0.1) is 0 Å². The van der Waals surface area contributed by atoms with Crippen LogP contribution >= 0.6 is 0 Å². The molecule has 0 aromatic carbocycles. The van der Waals surface area contributed by atoms with E-state index in [0.717, 1.165) is 0 Å². The molecule has 0 N–H and O–H groups in total. The standard InChI is InChI=1S/C15H34O2Si/c1-13(2,3)18(14(4,5)6,15(7,8)9)17-12-11-16-10/h11-12H2,1-10H3. The molecule has 0 aliphatic carbocycles. The van der Waals surface area contributed by atoms with E-state index in [1.807, 2.05) is 0 Å². The molecule has 0 rings (SSSR count). The highest BCUT2D eigenvalue weighted by Crippen LogP contribution is 2.62. The second kappa shape index (κ2) is 5.64. The fraction of sp³-hybridized carbons (Fsp3) is 1.00. The molecule has 0 spiro atoms. The van der Waals surface area contributed by atoms with Crippen LogP contribution in [0.3, 0.4) is 0 Å². The minimum absolute atomic E-state index is 0.192. The molecule has 0 saturated heterocycles. The van der Waals surface area contributed by atoms with E-state index in [1.165, 1.54) is 0 Å². The lowest BCUT2D eigenvalue weighted by atomic mass is 10.2. The zero-order valence-corrected chi connectivity index (χ0v) is 15.2. The van der Waals surface area contributed by atoms with Gasteiger partial charge < -0.3 is 9.16 Å². The van der Waals surface area contributed by atoms with Gasteiger partial charge in [-0.3, -0.25) is 0 Å². The Bertz CT molecular complexity index is 217. The summed E-state index contributed by atoms with van der Waals surface area (Å²) in [6.07, 6.45) is 0. The van der Waals surface area contributed by atoms with Crippen LogP contribution in [-0.2, 0) is 9.16 Å². The summed E-state index contributed by atoms with van der Waals surface area (Å²) in [5.41, 5.74) is 0. The molecule has 0 aliphatic rings. The minimum atomic E-state index is -2.02. The third kappa shape index (κ3) is 3.37. The van der Waals surface area contributed by atoms with Crippen molar-refractivity contribution in [3.05, 3.63) is 0 Å². The van der Waals surface area contributed by atoms with Crippen molar-refractivity contribution in [3.8, 4) is 0 Å². The Morgan fingerprint density at radius 3 is 1.22 bits per heavy atom. The van der Waals surface area contributed by atoms with Gasteiger partial charge in [-0.2, -0.15) is 0 Å². The summed E-state index contributed by atoms with van der Waals surface area (Å²) in [6, 6.07) is 0. The molecule has 0 aromatic heterocycles. The molecule has 0 amide bonds. The van der Waals surface area contributed by atoms with Crippen molar-refractivity contribution in [2.75, 3.05) is 20.3 Å². The molecule has 110 valence electrons. The molecule has 0 fully saturated rings. The second-order valence-electron chi connectivity index (χ2n) is 8.27. The van der Waals surface area contributed by atoms with E-state index in [0.29, 0.717) is 13.2 Å². The molecule has 0 atom stereocenters. The molecule has 0 aromatic rings. The van der Waals surface area contributed by atoms with Gasteiger partial charge in [-0.1, -0.05) is 62.3 Å². The second-order valence-corrected chi connectivity index (χ2v) is 14.4. The molecule has 0 bridgehead atoms. The third-order valence-electron chi connectivity index (χ3n) is 3.77. The summed E-state index contributed by atoms with van der Waals surface area (Å²) < 4.78 is 11.7. The van der Waals surface area contributed by atoms with Gasteiger partial charge in [0.1, 0.15) is 0 Å². The fourth-order valence-corrected chi connectivity index (χ4v) is 12.7. The maximum atomic E-state index is 6.58. The van der Waals surface area contributed by atoms with E-state index >= 15 is 0 Å². The predicted octanol–water partition coefficient (Wildman–Crippen LogP) is 5.00. The van der Waals surface area contributed by atoms with Gasteiger partial charge in [0.25, 0.3) is 0 Å². The van der Waals surface area contributed by atoms with Crippen molar-refractivity contribution in [2.24, 2.45) is 0 Å². The molecule has 0 saturated carbocycles. The predicted molar refractivity (Wildman–Crippen MR) is 82.7 cm³/mol. The van der Waals surface area contributed by atoms with Crippen LogP contribution in [0.1, 0.15) is 62.3 Å². The van der Waals surface area contributed by atoms with Gasteiger partial charge in [0.2, 0.25) is 8.32 Å². The Balaban J connectivity index is 5.61. The first-order valence-electron chi connectivity index (χ1n) is 6.94. The maximum absolute atomic E-state index is 6.58. The molecule has 18 heavy (non-hydrogen) atoms. The zero-order chi connectivity index (χ0) is 14.8. The average Bonchev–Trinajstić information content (AvgIpc) is 2.05. The largest absolute Gasteiger partial charge is 0.413 e. The van der Waals surface area contributed by atoms with Crippen LogP contribution in [-0.4, -0.2) is 28.6 Å². The van der Waals surface area contributed by atoms with Crippen molar-refractivity contribution in [1.29, 1.82) is 0 Å². The van der Waals surface area contributed by atoms with Gasteiger partial charge in [0.05, 0.1) is 13.2 Å². The highest BCUT2D eigenvalue weighted by atomic mass is 28.4. The van der Waals surface area contributed by atoms with Crippen molar-refractivity contribution in [1.82, 2.24) is 0 Å². The Morgan fingerprint density at radius 2 is 1.00 bits per heavy atom. The monoisotopic (exact) mass is 274 g/mol. The molecule has 0 unspecified atom stereocenters. The van der Waals surface area contributed by atoms with Crippen LogP contribution in [0.15, 0.2) is 0 Å². The average molecular weight is 275 g/mol. The quantitative estimate of drug-likeness (QED) is 0.531. The first kappa shape index (κ1) is 18.1. The molecule has 2 nitrogen and oxygen atoms in total. The lowest BCUT2D eigenvalue weighted by Crippen LogP contribution is -2.61. The molecule has 0 heterocycles. The van der Waals surface area contributed by atoms with Crippen molar-refractivity contribution < 1.29 is 9.16 Å². The summed E-state index contributed by atoms with van der Waals surface area (Å²) in [6.45, 7) is 22.4. The van der Waals surface area contributed by atoms with E-state index < -0.39 is 8.32 Å².